The minimum atomic E-state index is -0.938. The highest BCUT2D eigenvalue weighted by atomic mass is 19.1. The van der Waals surface area contributed by atoms with Gasteiger partial charge in [-0.3, -0.25) is 9.69 Å². The van der Waals surface area contributed by atoms with E-state index in [1.54, 1.807) is 0 Å². The molecule has 0 saturated carbocycles. The van der Waals surface area contributed by atoms with Crippen LogP contribution in [0.2, 0.25) is 0 Å². The Kier molecular flexibility index (Phi) is 5.71. The van der Waals surface area contributed by atoms with Crippen molar-refractivity contribution >= 4 is 5.91 Å². The van der Waals surface area contributed by atoms with Crippen molar-refractivity contribution in [1.82, 2.24) is 15.2 Å². The van der Waals surface area contributed by atoms with Crippen molar-refractivity contribution in [3.63, 3.8) is 0 Å². The fourth-order valence-electron chi connectivity index (χ4n) is 3.19. The van der Waals surface area contributed by atoms with Gasteiger partial charge in [-0.25, -0.2) is 13.8 Å². The van der Waals surface area contributed by atoms with Gasteiger partial charge in [-0.2, -0.15) is 0 Å². The zero-order valence-electron chi connectivity index (χ0n) is 13.9. The highest BCUT2D eigenvalue weighted by molar-refractivity contribution is 5.92. The molecule has 1 aliphatic rings. The normalized spacial score (nSPS) is 17.6. The Morgan fingerprint density at radius 2 is 2.08 bits per heavy atom. The molecule has 1 amide bonds. The molecule has 1 aromatic carbocycles. The van der Waals surface area contributed by atoms with Crippen molar-refractivity contribution in [2.75, 3.05) is 19.6 Å². The van der Waals surface area contributed by atoms with Gasteiger partial charge in [-0.15, -0.1) is 0 Å². The Bertz CT molecular complexity index is 724. The number of rotatable bonds is 6. The molecule has 0 unspecified atom stereocenters. The van der Waals surface area contributed by atoms with E-state index in [2.05, 4.69) is 27.3 Å². The lowest BCUT2D eigenvalue weighted by molar-refractivity contribution is 0.0942. The van der Waals surface area contributed by atoms with E-state index in [0.717, 1.165) is 38.7 Å². The molecule has 1 aromatic heterocycles. The van der Waals surface area contributed by atoms with Crippen molar-refractivity contribution in [3.8, 4) is 0 Å². The molecule has 0 spiro atoms. The molecule has 132 valence electrons. The quantitative estimate of drug-likeness (QED) is 0.875. The van der Waals surface area contributed by atoms with Crippen LogP contribution in [-0.4, -0.2) is 35.4 Å². The number of benzene rings is 1. The standard InChI is InChI=1S/C19H21F2N3O/c20-16-10-17(21)18(23-11-16)19(25)22-8-6-15-7-9-24(13-15)12-14-4-2-1-3-5-14/h1-5,10-11,15H,6-9,12-13H2,(H,22,25)/t15-/m1/s1. The largest absolute Gasteiger partial charge is 0.351 e. The fourth-order valence-corrected chi connectivity index (χ4v) is 3.19. The molecular weight excluding hydrogens is 324 g/mol. The van der Waals surface area contributed by atoms with Gasteiger partial charge in [-0.1, -0.05) is 30.3 Å². The maximum absolute atomic E-state index is 13.5. The third-order valence-corrected chi connectivity index (χ3v) is 4.48. The summed E-state index contributed by atoms with van der Waals surface area (Å²) in [5.41, 5.74) is 0.938. The second-order valence-electron chi connectivity index (χ2n) is 6.40. The SMILES string of the molecule is O=C(NCC[C@@H]1CCN(Cc2ccccc2)C1)c1ncc(F)cc1F. The summed E-state index contributed by atoms with van der Waals surface area (Å²) < 4.78 is 26.3. The van der Waals surface area contributed by atoms with Gasteiger partial charge in [0.05, 0.1) is 6.20 Å². The Balaban J connectivity index is 1.41. The Hall–Kier alpha value is -2.34. The van der Waals surface area contributed by atoms with Gasteiger partial charge in [0, 0.05) is 25.7 Å². The molecule has 0 aliphatic carbocycles. The van der Waals surface area contributed by atoms with Crippen molar-refractivity contribution in [2.24, 2.45) is 5.92 Å². The average molecular weight is 345 g/mol. The lowest BCUT2D eigenvalue weighted by Crippen LogP contribution is -2.28. The summed E-state index contributed by atoms with van der Waals surface area (Å²) in [5.74, 6) is -1.82. The smallest absolute Gasteiger partial charge is 0.272 e. The first-order chi connectivity index (χ1) is 12.1. The molecule has 25 heavy (non-hydrogen) atoms. The predicted molar refractivity (Wildman–Crippen MR) is 90.9 cm³/mol. The van der Waals surface area contributed by atoms with Crippen LogP contribution in [0.25, 0.3) is 0 Å². The number of pyridine rings is 1. The van der Waals surface area contributed by atoms with Gasteiger partial charge in [0.15, 0.2) is 11.5 Å². The monoisotopic (exact) mass is 345 g/mol. The molecule has 6 heteroatoms. The number of nitrogens with zero attached hydrogens (tertiary/aromatic N) is 2. The van der Waals surface area contributed by atoms with Gasteiger partial charge in [0.25, 0.3) is 5.91 Å². The predicted octanol–water partition coefficient (Wildman–Crippen LogP) is 3.00. The van der Waals surface area contributed by atoms with E-state index in [1.165, 1.54) is 5.56 Å². The van der Waals surface area contributed by atoms with Crippen molar-refractivity contribution in [1.29, 1.82) is 0 Å². The second kappa shape index (κ2) is 8.16. The number of carbonyl (C=O) groups is 1. The Labute approximate surface area is 145 Å². The number of likely N-dealkylation sites (tertiary alicyclic amines) is 1. The van der Waals surface area contributed by atoms with Crippen molar-refractivity contribution < 1.29 is 13.6 Å². The van der Waals surface area contributed by atoms with E-state index in [0.29, 0.717) is 18.5 Å². The first-order valence-electron chi connectivity index (χ1n) is 8.47. The molecule has 1 N–H and O–H groups in total. The summed E-state index contributed by atoms with van der Waals surface area (Å²) in [4.78, 5) is 17.8. The van der Waals surface area contributed by atoms with Crippen LogP contribution in [0.3, 0.4) is 0 Å². The topological polar surface area (TPSA) is 45.2 Å². The molecule has 1 saturated heterocycles. The van der Waals surface area contributed by atoms with Gasteiger partial charge < -0.3 is 5.32 Å². The summed E-state index contributed by atoms with van der Waals surface area (Å²) in [7, 11) is 0. The van der Waals surface area contributed by atoms with E-state index >= 15 is 0 Å². The molecule has 3 rings (SSSR count). The number of nitrogens with one attached hydrogen (secondary N) is 1. The van der Waals surface area contributed by atoms with E-state index in [9.17, 15) is 13.6 Å². The van der Waals surface area contributed by atoms with Gasteiger partial charge in [-0.05, 0) is 30.9 Å². The number of carbonyl (C=O) groups excluding carboxylic acids is 1. The maximum atomic E-state index is 13.5. The van der Waals surface area contributed by atoms with Crippen LogP contribution in [0, 0.1) is 17.6 Å². The molecule has 2 aromatic rings. The minimum absolute atomic E-state index is 0.362. The lowest BCUT2D eigenvalue weighted by atomic mass is 10.1. The molecule has 0 bridgehead atoms. The van der Waals surface area contributed by atoms with Crippen LogP contribution in [-0.2, 0) is 6.54 Å². The summed E-state index contributed by atoms with van der Waals surface area (Å²) in [6, 6.07) is 11.0. The summed E-state index contributed by atoms with van der Waals surface area (Å²) >= 11 is 0. The summed E-state index contributed by atoms with van der Waals surface area (Å²) in [5, 5.41) is 2.67. The van der Waals surface area contributed by atoms with Crippen LogP contribution in [0.4, 0.5) is 8.78 Å². The highest BCUT2D eigenvalue weighted by Gasteiger charge is 2.22. The number of hydrogen-bond acceptors (Lipinski definition) is 3. The maximum Gasteiger partial charge on any atom is 0.272 e. The molecular formula is C19H21F2N3O. The fraction of sp³-hybridized carbons (Fsp3) is 0.368. The van der Waals surface area contributed by atoms with Gasteiger partial charge >= 0.3 is 0 Å². The van der Waals surface area contributed by atoms with Crippen LogP contribution in [0.15, 0.2) is 42.6 Å². The number of amides is 1. The first-order valence-corrected chi connectivity index (χ1v) is 8.47. The van der Waals surface area contributed by atoms with Crippen LogP contribution >= 0.6 is 0 Å². The van der Waals surface area contributed by atoms with Gasteiger partial charge in [0.1, 0.15) is 5.82 Å². The molecule has 1 atom stereocenters. The molecule has 2 heterocycles. The number of hydrogen-bond donors (Lipinski definition) is 1. The second-order valence-corrected chi connectivity index (χ2v) is 6.40. The van der Waals surface area contributed by atoms with Crippen LogP contribution < -0.4 is 5.32 Å². The molecule has 0 radical (unpaired) electrons. The number of aromatic nitrogens is 1. The van der Waals surface area contributed by atoms with E-state index in [4.69, 9.17) is 0 Å². The third kappa shape index (κ3) is 4.82. The van der Waals surface area contributed by atoms with Crippen LogP contribution in [0.5, 0.6) is 0 Å². The molecule has 4 nitrogen and oxygen atoms in total. The number of halogens is 2. The van der Waals surface area contributed by atoms with Crippen LogP contribution in [0.1, 0.15) is 28.9 Å². The van der Waals surface area contributed by atoms with Crippen molar-refractivity contribution in [2.45, 2.75) is 19.4 Å². The Morgan fingerprint density at radius 1 is 1.28 bits per heavy atom. The average Bonchev–Trinajstić information content (AvgIpc) is 3.03. The summed E-state index contributed by atoms with van der Waals surface area (Å²) in [6.45, 7) is 3.44. The third-order valence-electron chi connectivity index (χ3n) is 4.48. The van der Waals surface area contributed by atoms with E-state index in [-0.39, 0.29) is 5.69 Å². The van der Waals surface area contributed by atoms with Gasteiger partial charge in [0.2, 0.25) is 0 Å². The van der Waals surface area contributed by atoms with E-state index < -0.39 is 17.5 Å². The minimum Gasteiger partial charge on any atom is -0.351 e. The summed E-state index contributed by atoms with van der Waals surface area (Å²) in [6.07, 6.45) is 2.77. The molecule has 1 fully saturated rings. The first kappa shape index (κ1) is 17.5. The highest BCUT2D eigenvalue weighted by Crippen LogP contribution is 2.21. The molecule has 1 aliphatic heterocycles. The lowest BCUT2D eigenvalue weighted by Gasteiger charge is -2.16. The van der Waals surface area contributed by atoms with E-state index in [1.807, 2.05) is 18.2 Å². The zero-order valence-corrected chi connectivity index (χ0v) is 13.9. The van der Waals surface area contributed by atoms with Crippen molar-refractivity contribution in [3.05, 3.63) is 65.5 Å². The Morgan fingerprint density at radius 3 is 2.84 bits per heavy atom. The zero-order chi connectivity index (χ0) is 17.6.